The first-order valence-corrected chi connectivity index (χ1v) is 8.38. The highest BCUT2D eigenvalue weighted by Gasteiger charge is 2.24. The van der Waals surface area contributed by atoms with E-state index in [0.29, 0.717) is 16.4 Å². The Kier molecular flexibility index (Phi) is 4.80. The van der Waals surface area contributed by atoms with Gasteiger partial charge in [-0.1, -0.05) is 20.8 Å². The van der Waals surface area contributed by atoms with Gasteiger partial charge in [-0.25, -0.2) is 9.78 Å². The molecule has 7 nitrogen and oxygen atoms in total. The Balaban J connectivity index is 2.19. The maximum absolute atomic E-state index is 12.5. The predicted octanol–water partition coefficient (Wildman–Crippen LogP) is 2.67. The van der Waals surface area contributed by atoms with Crippen LogP contribution in [0.15, 0.2) is 6.07 Å². The summed E-state index contributed by atoms with van der Waals surface area (Å²) in [5.74, 6) is -1.27. The van der Waals surface area contributed by atoms with E-state index < -0.39 is 5.97 Å². The Labute approximate surface area is 144 Å². The van der Waals surface area contributed by atoms with Crippen LogP contribution in [0.1, 0.15) is 70.3 Å². The molecule has 2 aromatic heterocycles. The molecule has 0 aromatic carbocycles. The van der Waals surface area contributed by atoms with Crippen molar-refractivity contribution in [1.29, 1.82) is 0 Å². The molecule has 0 aliphatic carbocycles. The van der Waals surface area contributed by atoms with Crippen molar-refractivity contribution in [3.05, 3.63) is 33.0 Å². The summed E-state index contributed by atoms with van der Waals surface area (Å²) in [7, 11) is 1.73. The van der Waals surface area contributed by atoms with E-state index >= 15 is 0 Å². The molecular formula is C16H22N4O3S. The van der Waals surface area contributed by atoms with Crippen molar-refractivity contribution in [2.45, 2.75) is 46.1 Å². The minimum Gasteiger partial charge on any atom is -0.477 e. The van der Waals surface area contributed by atoms with Crippen molar-refractivity contribution in [3.63, 3.8) is 0 Å². The van der Waals surface area contributed by atoms with E-state index in [1.165, 1.54) is 0 Å². The monoisotopic (exact) mass is 350 g/mol. The topological polar surface area (TPSA) is 97.1 Å². The van der Waals surface area contributed by atoms with E-state index in [9.17, 15) is 9.59 Å². The molecule has 24 heavy (non-hydrogen) atoms. The number of carboxylic acid groups (broad SMARTS) is 1. The molecule has 1 atom stereocenters. The summed E-state index contributed by atoms with van der Waals surface area (Å²) in [4.78, 5) is 28.1. The van der Waals surface area contributed by atoms with E-state index in [2.05, 4.69) is 15.4 Å². The summed E-state index contributed by atoms with van der Waals surface area (Å²) in [5.41, 5.74) is 1.60. The first-order chi connectivity index (χ1) is 11.0. The minimum atomic E-state index is -1.00. The van der Waals surface area contributed by atoms with Crippen LogP contribution in [0.3, 0.4) is 0 Å². The largest absolute Gasteiger partial charge is 0.477 e. The fraction of sp³-hybridized carbons (Fsp3) is 0.500. The third-order valence-electron chi connectivity index (χ3n) is 3.61. The smallest absolute Gasteiger partial charge is 0.347 e. The van der Waals surface area contributed by atoms with Crippen molar-refractivity contribution in [2.24, 2.45) is 7.05 Å². The average Bonchev–Trinajstić information content (AvgIpc) is 3.01. The number of carbonyl (C=O) groups is 2. The second-order valence-electron chi connectivity index (χ2n) is 6.76. The van der Waals surface area contributed by atoms with Crippen LogP contribution in [0.25, 0.3) is 0 Å². The molecule has 2 N–H and O–H groups in total. The quantitative estimate of drug-likeness (QED) is 0.883. The van der Waals surface area contributed by atoms with Gasteiger partial charge in [0.15, 0.2) is 0 Å². The summed E-state index contributed by atoms with van der Waals surface area (Å²) in [5, 5.41) is 16.9. The van der Waals surface area contributed by atoms with Crippen molar-refractivity contribution < 1.29 is 14.7 Å². The number of hydrogen-bond acceptors (Lipinski definition) is 5. The average molecular weight is 350 g/mol. The molecule has 0 spiro atoms. The highest BCUT2D eigenvalue weighted by molar-refractivity contribution is 7.13. The molecule has 8 heteroatoms. The zero-order chi connectivity index (χ0) is 18.2. The number of hydrogen-bond donors (Lipinski definition) is 2. The van der Waals surface area contributed by atoms with Crippen LogP contribution in [0, 0.1) is 6.92 Å². The van der Waals surface area contributed by atoms with E-state index in [0.717, 1.165) is 17.0 Å². The molecule has 1 amide bonds. The van der Waals surface area contributed by atoms with Crippen LogP contribution in [-0.4, -0.2) is 31.7 Å². The molecule has 2 aromatic rings. The lowest BCUT2D eigenvalue weighted by Crippen LogP contribution is -2.28. The number of thiazole rings is 1. The lowest BCUT2D eigenvalue weighted by atomic mass is 9.92. The van der Waals surface area contributed by atoms with E-state index in [1.54, 1.807) is 31.6 Å². The minimum absolute atomic E-state index is 0.148. The normalized spacial score (nSPS) is 12.9. The summed E-state index contributed by atoms with van der Waals surface area (Å²) in [6.45, 7) is 9.53. The van der Waals surface area contributed by atoms with Gasteiger partial charge in [0.25, 0.3) is 5.91 Å². The summed E-state index contributed by atoms with van der Waals surface area (Å²) < 4.78 is 1.55. The molecule has 0 saturated carbocycles. The highest BCUT2D eigenvalue weighted by Crippen LogP contribution is 2.25. The van der Waals surface area contributed by atoms with Crippen LogP contribution < -0.4 is 5.32 Å². The number of nitrogens with one attached hydrogen (secondary N) is 1. The molecule has 0 aliphatic rings. The maximum atomic E-state index is 12.5. The predicted molar refractivity (Wildman–Crippen MR) is 91.6 cm³/mol. The van der Waals surface area contributed by atoms with Crippen LogP contribution in [-0.2, 0) is 12.5 Å². The van der Waals surface area contributed by atoms with Gasteiger partial charge >= 0.3 is 5.97 Å². The molecule has 1 unspecified atom stereocenters. The number of carbonyl (C=O) groups excluding carboxylic acids is 1. The molecule has 0 bridgehead atoms. The molecule has 130 valence electrons. The molecule has 0 radical (unpaired) electrons. The number of nitrogens with zero attached hydrogens (tertiary/aromatic N) is 3. The molecule has 0 fully saturated rings. The third kappa shape index (κ3) is 3.64. The summed E-state index contributed by atoms with van der Waals surface area (Å²) >= 11 is 1.08. The van der Waals surface area contributed by atoms with Gasteiger partial charge in [-0.15, -0.1) is 11.3 Å². The van der Waals surface area contributed by atoms with Gasteiger partial charge in [-0.2, -0.15) is 5.10 Å². The van der Waals surface area contributed by atoms with Gasteiger partial charge in [-0.3, -0.25) is 9.48 Å². The van der Waals surface area contributed by atoms with Gasteiger partial charge in [0.2, 0.25) is 0 Å². The summed E-state index contributed by atoms with van der Waals surface area (Å²) in [6, 6.07) is 1.39. The Morgan fingerprint density at radius 3 is 2.46 bits per heavy atom. The molecular weight excluding hydrogens is 328 g/mol. The fourth-order valence-corrected chi connectivity index (χ4v) is 3.09. The van der Waals surface area contributed by atoms with Gasteiger partial charge in [-0.05, 0) is 19.9 Å². The van der Waals surface area contributed by atoms with E-state index in [4.69, 9.17) is 5.11 Å². The Hall–Kier alpha value is -2.22. The van der Waals surface area contributed by atoms with Crippen LogP contribution in [0.2, 0.25) is 0 Å². The number of rotatable bonds is 4. The second kappa shape index (κ2) is 6.35. The standard InChI is InChI=1S/C16H22N4O3S/c1-8-12(15(22)23)24-14(18-8)9(2)17-13(21)10-7-11(16(3,4)5)19-20(10)6/h7,9H,1-6H3,(H,17,21)(H,22,23). The summed E-state index contributed by atoms with van der Waals surface area (Å²) in [6.07, 6.45) is 0. The van der Waals surface area contributed by atoms with Gasteiger partial charge in [0.05, 0.1) is 17.4 Å². The Morgan fingerprint density at radius 1 is 1.38 bits per heavy atom. The van der Waals surface area contributed by atoms with E-state index in [1.807, 2.05) is 20.8 Å². The van der Waals surface area contributed by atoms with Crippen molar-refractivity contribution in [3.8, 4) is 0 Å². The molecule has 0 saturated heterocycles. The van der Waals surface area contributed by atoms with Crippen LogP contribution >= 0.6 is 11.3 Å². The third-order valence-corrected chi connectivity index (χ3v) is 4.93. The zero-order valence-corrected chi connectivity index (χ0v) is 15.5. The first kappa shape index (κ1) is 18.1. The lowest BCUT2D eigenvalue weighted by Gasteiger charge is -2.13. The van der Waals surface area contributed by atoms with Crippen LogP contribution in [0.5, 0.6) is 0 Å². The maximum Gasteiger partial charge on any atom is 0.347 e. The first-order valence-electron chi connectivity index (χ1n) is 7.56. The molecule has 2 heterocycles. The lowest BCUT2D eigenvalue weighted by molar-refractivity contribution is 0.0700. The highest BCUT2D eigenvalue weighted by atomic mass is 32.1. The molecule has 2 rings (SSSR count). The Bertz CT molecular complexity index is 786. The number of aryl methyl sites for hydroxylation is 2. The number of amides is 1. The number of aromatic nitrogens is 3. The van der Waals surface area contributed by atoms with Crippen molar-refractivity contribution in [2.75, 3.05) is 0 Å². The van der Waals surface area contributed by atoms with Crippen LogP contribution in [0.4, 0.5) is 0 Å². The zero-order valence-electron chi connectivity index (χ0n) is 14.7. The molecule has 0 aliphatic heterocycles. The fourth-order valence-electron chi connectivity index (χ4n) is 2.18. The van der Waals surface area contributed by atoms with Gasteiger partial charge in [0, 0.05) is 12.5 Å². The SMILES string of the molecule is Cc1nc(C(C)NC(=O)c2cc(C(C)(C)C)nn2C)sc1C(=O)O. The van der Waals surface area contributed by atoms with Gasteiger partial charge < -0.3 is 10.4 Å². The number of carboxylic acids is 1. The second-order valence-corrected chi connectivity index (χ2v) is 7.79. The van der Waals surface area contributed by atoms with E-state index in [-0.39, 0.29) is 22.2 Å². The van der Waals surface area contributed by atoms with Crippen molar-refractivity contribution >= 4 is 23.2 Å². The van der Waals surface area contributed by atoms with Crippen molar-refractivity contribution in [1.82, 2.24) is 20.1 Å². The Morgan fingerprint density at radius 2 is 2.00 bits per heavy atom. The number of aromatic carboxylic acids is 1. The van der Waals surface area contributed by atoms with Gasteiger partial charge in [0.1, 0.15) is 15.6 Å².